The van der Waals surface area contributed by atoms with E-state index in [1.807, 2.05) is 61.0 Å². The molecule has 1 heterocycles. The summed E-state index contributed by atoms with van der Waals surface area (Å²) in [5.41, 5.74) is 3.30. The molecule has 0 radical (unpaired) electrons. The predicted octanol–water partition coefficient (Wildman–Crippen LogP) is 5.70. The van der Waals surface area contributed by atoms with Gasteiger partial charge in [-0.15, -0.1) is 11.8 Å². The number of carbonyl (C=O) groups is 2. The maximum atomic E-state index is 13.8. The summed E-state index contributed by atoms with van der Waals surface area (Å²) in [4.78, 5) is 25.7. The molecule has 8 heteroatoms. The summed E-state index contributed by atoms with van der Waals surface area (Å²) >= 11 is 1.43. The number of carbonyl (C=O) groups excluding carboxylic acids is 2. The second-order valence-electron chi connectivity index (χ2n) is 8.27. The second-order valence-corrected chi connectivity index (χ2v) is 9.29. The molecule has 0 atom stereocenters. The van der Waals surface area contributed by atoms with Gasteiger partial charge in [-0.05, 0) is 55.3 Å². The first-order valence-corrected chi connectivity index (χ1v) is 12.1. The Morgan fingerprint density at radius 3 is 2.34 bits per heavy atom. The van der Waals surface area contributed by atoms with E-state index < -0.39 is 23.1 Å². The fourth-order valence-corrected chi connectivity index (χ4v) is 4.88. The largest absolute Gasteiger partial charge is 0.350 e. The van der Waals surface area contributed by atoms with Crippen LogP contribution in [0.25, 0.3) is 10.9 Å². The van der Waals surface area contributed by atoms with Crippen LogP contribution in [0.3, 0.4) is 0 Å². The van der Waals surface area contributed by atoms with Crippen LogP contribution in [0.4, 0.5) is 14.5 Å². The van der Waals surface area contributed by atoms with Gasteiger partial charge < -0.3 is 15.2 Å². The molecule has 0 saturated heterocycles. The monoisotopic (exact) mass is 493 g/mol. The number of amides is 2. The van der Waals surface area contributed by atoms with Crippen LogP contribution in [0.2, 0.25) is 0 Å². The number of para-hydroxylation sites is 1. The molecule has 5 nitrogen and oxygen atoms in total. The zero-order valence-electron chi connectivity index (χ0n) is 19.4. The van der Waals surface area contributed by atoms with Crippen LogP contribution >= 0.6 is 11.8 Å². The minimum Gasteiger partial charge on any atom is -0.350 e. The van der Waals surface area contributed by atoms with Crippen LogP contribution in [0.1, 0.15) is 21.5 Å². The Hall–Kier alpha value is -3.65. The van der Waals surface area contributed by atoms with Gasteiger partial charge >= 0.3 is 0 Å². The zero-order chi connectivity index (χ0) is 24.9. The summed E-state index contributed by atoms with van der Waals surface area (Å²) in [6.45, 7) is 4.56. The van der Waals surface area contributed by atoms with Gasteiger partial charge in [-0.25, -0.2) is 8.78 Å². The van der Waals surface area contributed by atoms with Crippen molar-refractivity contribution in [2.45, 2.75) is 25.3 Å². The Balaban J connectivity index is 1.41. The first-order valence-electron chi connectivity index (χ1n) is 11.1. The highest BCUT2D eigenvalue weighted by Crippen LogP contribution is 2.30. The number of hydrogen-bond donors (Lipinski definition) is 2. The molecule has 3 aromatic carbocycles. The molecule has 4 rings (SSSR count). The standard InChI is InChI=1S/C27H25F2N3O2S/c1-17-12-18(2)14-19(13-17)31-25(33)16-35-24-15-32(23-9-4-3-6-20(23)24)11-10-30-27(34)26-21(28)7-5-8-22(26)29/h3-9,12-15H,10-11,16H2,1-2H3,(H,30,34)(H,31,33). The molecule has 4 aromatic rings. The molecule has 2 amide bonds. The number of benzene rings is 3. The Bertz CT molecular complexity index is 1360. The average molecular weight is 494 g/mol. The maximum absolute atomic E-state index is 13.8. The summed E-state index contributed by atoms with van der Waals surface area (Å²) in [6, 6.07) is 17.0. The van der Waals surface area contributed by atoms with Gasteiger partial charge in [0.15, 0.2) is 0 Å². The van der Waals surface area contributed by atoms with E-state index in [9.17, 15) is 18.4 Å². The Labute approximate surface area is 206 Å². The molecular weight excluding hydrogens is 468 g/mol. The smallest absolute Gasteiger partial charge is 0.257 e. The third-order valence-corrected chi connectivity index (χ3v) is 6.49. The van der Waals surface area contributed by atoms with Crippen molar-refractivity contribution >= 4 is 40.2 Å². The van der Waals surface area contributed by atoms with Gasteiger partial charge in [0.25, 0.3) is 5.91 Å². The van der Waals surface area contributed by atoms with Crippen molar-refractivity contribution < 1.29 is 18.4 Å². The third kappa shape index (κ3) is 5.89. The molecule has 0 spiro atoms. The normalized spacial score (nSPS) is 11.0. The Kier molecular flexibility index (Phi) is 7.51. The van der Waals surface area contributed by atoms with E-state index in [0.717, 1.165) is 44.7 Å². The molecular formula is C27H25F2N3O2S. The molecule has 0 aliphatic carbocycles. The number of aryl methyl sites for hydroxylation is 2. The van der Waals surface area contributed by atoms with Crippen LogP contribution in [0, 0.1) is 25.5 Å². The van der Waals surface area contributed by atoms with Gasteiger partial charge in [0.05, 0.1) is 5.75 Å². The highest BCUT2D eigenvalue weighted by molar-refractivity contribution is 8.00. The number of fused-ring (bicyclic) bond motifs is 1. The zero-order valence-corrected chi connectivity index (χ0v) is 20.2. The molecule has 0 aliphatic rings. The van der Waals surface area contributed by atoms with Crippen LogP contribution in [0.15, 0.2) is 71.8 Å². The number of hydrogen-bond acceptors (Lipinski definition) is 3. The molecule has 0 fully saturated rings. The molecule has 1 aromatic heterocycles. The predicted molar refractivity (Wildman–Crippen MR) is 136 cm³/mol. The summed E-state index contributed by atoms with van der Waals surface area (Å²) in [6.07, 6.45) is 1.93. The van der Waals surface area contributed by atoms with Crippen molar-refractivity contribution in [1.82, 2.24) is 9.88 Å². The lowest BCUT2D eigenvalue weighted by molar-refractivity contribution is -0.113. The average Bonchev–Trinajstić information content (AvgIpc) is 3.15. The van der Waals surface area contributed by atoms with Crippen LogP contribution in [0.5, 0.6) is 0 Å². The lowest BCUT2D eigenvalue weighted by Crippen LogP contribution is -2.28. The lowest BCUT2D eigenvalue weighted by atomic mass is 10.1. The van der Waals surface area contributed by atoms with E-state index in [4.69, 9.17) is 0 Å². The molecule has 0 bridgehead atoms. The number of aromatic nitrogens is 1. The second kappa shape index (κ2) is 10.7. The van der Waals surface area contributed by atoms with Crippen LogP contribution in [-0.4, -0.2) is 28.7 Å². The fraction of sp³-hybridized carbons (Fsp3) is 0.185. The minimum absolute atomic E-state index is 0.101. The Morgan fingerprint density at radius 2 is 1.63 bits per heavy atom. The molecule has 0 aliphatic heterocycles. The number of thioether (sulfide) groups is 1. The van der Waals surface area contributed by atoms with Gasteiger partial charge in [-0.1, -0.05) is 30.3 Å². The summed E-state index contributed by atoms with van der Waals surface area (Å²) in [5, 5.41) is 6.51. The number of anilines is 1. The summed E-state index contributed by atoms with van der Waals surface area (Å²) < 4.78 is 29.7. The molecule has 2 N–H and O–H groups in total. The van der Waals surface area contributed by atoms with E-state index in [1.54, 1.807) is 0 Å². The molecule has 0 unspecified atom stereocenters. The van der Waals surface area contributed by atoms with Gasteiger partial charge in [-0.2, -0.15) is 0 Å². The van der Waals surface area contributed by atoms with Crippen molar-refractivity contribution in [3.8, 4) is 0 Å². The van der Waals surface area contributed by atoms with Crippen LogP contribution < -0.4 is 10.6 Å². The van der Waals surface area contributed by atoms with Crippen LogP contribution in [-0.2, 0) is 11.3 Å². The van der Waals surface area contributed by atoms with Crippen molar-refractivity contribution in [2.24, 2.45) is 0 Å². The molecule has 180 valence electrons. The van der Waals surface area contributed by atoms with Crippen molar-refractivity contribution in [1.29, 1.82) is 0 Å². The Morgan fingerprint density at radius 1 is 0.943 bits per heavy atom. The number of nitrogens with zero attached hydrogens (tertiary/aromatic N) is 1. The van der Waals surface area contributed by atoms with Gasteiger partial charge in [-0.3, -0.25) is 9.59 Å². The third-order valence-electron chi connectivity index (χ3n) is 5.44. The number of nitrogens with one attached hydrogen (secondary N) is 2. The minimum atomic E-state index is -0.897. The first-order chi connectivity index (χ1) is 16.8. The topological polar surface area (TPSA) is 63.1 Å². The SMILES string of the molecule is Cc1cc(C)cc(NC(=O)CSc2cn(CCNC(=O)c3c(F)cccc3F)c3ccccc23)c1. The van der Waals surface area contributed by atoms with Crippen molar-refractivity contribution in [3.63, 3.8) is 0 Å². The van der Waals surface area contributed by atoms with Crippen molar-refractivity contribution in [3.05, 3.63) is 95.2 Å². The van der Waals surface area contributed by atoms with E-state index in [0.29, 0.717) is 6.54 Å². The number of halogens is 2. The molecule has 0 saturated carbocycles. The quantitative estimate of drug-likeness (QED) is 0.310. The maximum Gasteiger partial charge on any atom is 0.257 e. The number of rotatable bonds is 8. The fourth-order valence-electron chi connectivity index (χ4n) is 3.99. The lowest BCUT2D eigenvalue weighted by Gasteiger charge is -2.09. The first kappa shape index (κ1) is 24.5. The van der Waals surface area contributed by atoms with Gasteiger partial charge in [0.1, 0.15) is 17.2 Å². The van der Waals surface area contributed by atoms with Gasteiger partial charge in [0, 0.05) is 40.8 Å². The highest BCUT2D eigenvalue weighted by Gasteiger charge is 2.17. The summed E-state index contributed by atoms with van der Waals surface area (Å²) in [5.74, 6) is -2.45. The van der Waals surface area contributed by atoms with E-state index >= 15 is 0 Å². The van der Waals surface area contributed by atoms with E-state index in [-0.39, 0.29) is 18.2 Å². The highest BCUT2D eigenvalue weighted by atomic mass is 32.2. The molecule has 35 heavy (non-hydrogen) atoms. The van der Waals surface area contributed by atoms with Crippen molar-refractivity contribution in [2.75, 3.05) is 17.6 Å². The van der Waals surface area contributed by atoms with Gasteiger partial charge in [0.2, 0.25) is 5.91 Å². The van der Waals surface area contributed by atoms with E-state index in [1.165, 1.54) is 17.8 Å². The van der Waals surface area contributed by atoms with E-state index in [2.05, 4.69) is 16.7 Å². The summed E-state index contributed by atoms with van der Waals surface area (Å²) in [7, 11) is 0.